The number of nitrogens with one attached hydrogen (secondary N) is 1. The van der Waals surface area contributed by atoms with Crippen molar-refractivity contribution in [3.05, 3.63) is 76.5 Å². The predicted octanol–water partition coefficient (Wildman–Crippen LogP) is 6.23. The van der Waals surface area contributed by atoms with Crippen molar-refractivity contribution in [3.63, 3.8) is 0 Å². The monoisotopic (exact) mass is 481 g/mol. The van der Waals surface area contributed by atoms with Crippen LogP contribution in [0.1, 0.15) is 47.5 Å². The summed E-state index contributed by atoms with van der Waals surface area (Å²) in [6.07, 6.45) is 0. The van der Waals surface area contributed by atoms with Gasteiger partial charge in [-0.05, 0) is 42.0 Å². The van der Waals surface area contributed by atoms with Crippen LogP contribution in [0.3, 0.4) is 0 Å². The van der Waals surface area contributed by atoms with Crippen LogP contribution in [0.2, 0.25) is 0 Å². The number of anilines is 1. The molecule has 0 bridgehead atoms. The van der Waals surface area contributed by atoms with Crippen molar-refractivity contribution in [2.24, 2.45) is 0 Å². The lowest BCUT2D eigenvalue weighted by atomic mass is 9.97. The summed E-state index contributed by atoms with van der Waals surface area (Å²) in [6.45, 7) is 5.07. The molecule has 1 aliphatic heterocycles. The number of rotatable bonds is 6. The van der Waals surface area contributed by atoms with Crippen molar-refractivity contribution in [1.29, 1.82) is 0 Å². The number of carbonyl (C=O) groups is 1. The van der Waals surface area contributed by atoms with Gasteiger partial charge in [-0.3, -0.25) is 4.79 Å². The number of hydrogen-bond donors (Lipinski definition) is 1. The zero-order chi connectivity index (χ0) is 23.8. The van der Waals surface area contributed by atoms with E-state index in [4.69, 9.17) is 9.26 Å². The Morgan fingerprint density at radius 2 is 1.91 bits per heavy atom. The van der Waals surface area contributed by atoms with Gasteiger partial charge in [0.25, 0.3) is 5.91 Å². The first-order valence-corrected chi connectivity index (χ1v) is 11.7. The molecule has 0 atom stereocenters. The van der Waals surface area contributed by atoms with Crippen LogP contribution >= 0.6 is 11.3 Å². The average Bonchev–Trinajstić information content (AvgIpc) is 3.42. The third-order valence-electron chi connectivity index (χ3n) is 5.66. The molecule has 2 aromatic carbocycles. The van der Waals surface area contributed by atoms with E-state index in [2.05, 4.69) is 15.5 Å². The lowest BCUT2D eigenvalue weighted by molar-refractivity contribution is 0.00833. The molecule has 0 aliphatic carbocycles. The highest BCUT2D eigenvalue weighted by molar-refractivity contribution is 7.13. The molecule has 2 aromatic heterocycles. The van der Waals surface area contributed by atoms with E-state index in [1.165, 1.54) is 29.5 Å². The van der Waals surface area contributed by atoms with Crippen LogP contribution in [0.5, 0.6) is 0 Å². The molecule has 5 rings (SSSR count). The van der Waals surface area contributed by atoms with Crippen molar-refractivity contribution >= 4 is 22.9 Å². The van der Waals surface area contributed by atoms with Crippen LogP contribution in [0.15, 0.2) is 52.4 Å². The highest BCUT2D eigenvalue weighted by Crippen LogP contribution is 2.39. The summed E-state index contributed by atoms with van der Waals surface area (Å²) < 4.78 is 38.7. The van der Waals surface area contributed by atoms with Crippen LogP contribution < -0.4 is 5.32 Å². The molecule has 0 spiro atoms. The lowest BCUT2D eigenvalue weighted by Crippen LogP contribution is -2.25. The summed E-state index contributed by atoms with van der Waals surface area (Å²) in [5.41, 5.74) is 2.93. The van der Waals surface area contributed by atoms with Gasteiger partial charge in [-0.15, -0.1) is 11.3 Å². The van der Waals surface area contributed by atoms with Gasteiger partial charge in [0.15, 0.2) is 0 Å². The molecule has 3 heterocycles. The summed E-state index contributed by atoms with van der Waals surface area (Å²) in [7, 11) is 0. The van der Waals surface area contributed by atoms with Gasteiger partial charge in [-0.2, -0.15) is 0 Å². The van der Waals surface area contributed by atoms with Crippen LogP contribution in [0, 0.1) is 11.6 Å². The smallest absolute Gasteiger partial charge is 0.275 e. The van der Waals surface area contributed by atoms with E-state index in [0.29, 0.717) is 40.8 Å². The molecular formula is C25H21F2N3O3S. The fraction of sp³-hybridized carbons (Fsp3) is 0.240. The molecule has 0 unspecified atom stereocenters. The van der Waals surface area contributed by atoms with E-state index in [1.54, 1.807) is 29.6 Å². The van der Waals surface area contributed by atoms with Gasteiger partial charge in [-0.25, -0.2) is 13.8 Å². The van der Waals surface area contributed by atoms with Gasteiger partial charge >= 0.3 is 0 Å². The molecule has 0 radical (unpaired) electrons. The highest BCUT2D eigenvalue weighted by atomic mass is 32.1. The number of amides is 1. The largest absolute Gasteiger partial charge is 0.380 e. The molecule has 1 fully saturated rings. The molecule has 4 aromatic rings. The first-order valence-electron chi connectivity index (χ1n) is 10.8. The average molecular weight is 482 g/mol. The Morgan fingerprint density at radius 1 is 1.15 bits per heavy atom. The Bertz CT molecular complexity index is 1340. The van der Waals surface area contributed by atoms with E-state index in [-0.39, 0.29) is 29.0 Å². The fourth-order valence-corrected chi connectivity index (χ4v) is 4.55. The maximum Gasteiger partial charge on any atom is 0.275 e. The minimum absolute atomic E-state index is 0.00607. The Balaban J connectivity index is 1.42. The molecular weight excluding hydrogens is 460 g/mol. The molecule has 1 aliphatic rings. The van der Waals surface area contributed by atoms with Crippen molar-refractivity contribution in [2.75, 3.05) is 18.5 Å². The Kier molecular flexibility index (Phi) is 5.97. The number of thiazole rings is 1. The van der Waals surface area contributed by atoms with Crippen LogP contribution in [0.25, 0.3) is 21.8 Å². The molecule has 6 nitrogen and oxygen atoms in total. The summed E-state index contributed by atoms with van der Waals surface area (Å²) in [6, 6.07) is 10.7. The van der Waals surface area contributed by atoms with Gasteiger partial charge in [0.2, 0.25) is 0 Å². The van der Waals surface area contributed by atoms with Gasteiger partial charge in [0, 0.05) is 22.8 Å². The Hall–Kier alpha value is -3.43. The van der Waals surface area contributed by atoms with Crippen LogP contribution in [-0.2, 0) is 4.74 Å². The van der Waals surface area contributed by atoms with Gasteiger partial charge in [-0.1, -0.05) is 25.1 Å². The van der Waals surface area contributed by atoms with Crippen LogP contribution in [0.4, 0.5) is 14.5 Å². The standard InChI is InChI=1S/C25H21F2N3O3S/c1-13(2)23-21(22(30-33-23)14-3-6-17(26)7-4-14)25-29-20(12-34-25)24(31)28-19-8-5-15(9-18(19)27)16-10-32-11-16/h3-9,12-13,16H,10-11H2,1-2H3,(H,28,31). The topological polar surface area (TPSA) is 77.2 Å². The molecule has 1 saturated heterocycles. The molecule has 0 saturated carbocycles. The molecule has 1 N–H and O–H groups in total. The fourth-order valence-electron chi connectivity index (χ4n) is 3.70. The van der Waals surface area contributed by atoms with E-state index in [1.807, 2.05) is 13.8 Å². The zero-order valence-corrected chi connectivity index (χ0v) is 19.3. The second-order valence-corrected chi connectivity index (χ2v) is 9.26. The van der Waals surface area contributed by atoms with Crippen molar-refractivity contribution in [2.45, 2.75) is 25.7 Å². The third kappa shape index (κ3) is 4.24. The minimum Gasteiger partial charge on any atom is -0.380 e. The van der Waals surface area contributed by atoms with E-state index >= 15 is 0 Å². The Labute approximate surface area is 198 Å². The van der Waals surface area contributed by atoms with E-state index in [9.17, 15) is 13.6 Å². The summed E-state index contributed by atoms with van der Waals surface area (Å²) in [5.74, 6) is -0.574. The van der Waals surface area contributed by atoms with Gasteiger partial charge < -0.3 is 14.6 Å². The number of aromatic nitrogens is 2. The molecule has 1 amide bonds. The maximum absolute atomic E-state index is 14.6. The second-order valence-electron chi connectivity index (χ2n) is 8.40. The summed E-state index contributed by atoms with van der Waals surface area (Å²) in [4.78, 5) is 17.3. The minimum atomic E-state index is -0.521. The predicted molar refractivity (Wildman–Crippen MR) is 125 cm³/mol. The third-order valence-corrected chi connectivity index (χ3v) is 6.52. The number of nitrogens with zero attached hydrogens (tertiary/aromatic N) is 2. The van der Waals surface area contributed by atoms with E-state index in [0.717, 1.165) is 5.56 Å². The Morgan fingerprint density at radius 3 is 2.56 bits per heavy atom. The van der Waals surface area contributed by atoms with E-state index < -0.39 is 11.7 Å². The quantitative estimate of drug-likeness (QED) is 0.353. The van der Waals surface area contributed by atoms with Crippen molar-refractivity contribution in [3.8, 4) is 21.8 Å². The maximum atomic E-state index is 14.6. The number of hydrogen-bond acceptors (Lipinski definition) is 6. The number of ether oxygens (including phenoxy) is 1. The number of halogens is 2. The van der Waals surface area contributed by atoms with Gasteiger partial charge in [0.1, 0.15) is 33.8 Å². The second kappa shape index (κ2) is 9.08. The summed E-state index contributed by atoms with van der Waals surface area (Å²) in [5, 5.41) is 8.93. The lowest BCUT2D eigenvalue weighted by Gasteiger charge is -2.26. The van der Waals surface area contributed by atoms with Crippen molar-refractivity contribution in [1.82, 2.24) is 10.1 Å². The normalized spacial score (nSPS) is 13.8. The molecule has 174 valence electrons. The zero-order valence-electron chi connectivity index (χ0n) is 18.5. The molecule has 34 heavy (non-hydrogen) atoms. The number of benzene rings is 2. The number of carbonyl (C=O) groups excluding carboxylic acids is 1. The summed E-state index contributed by atoms with van der Waals surface area (Å²) >= 11 is 1.26. The first kappa shape index (κ1) is 22.4. The highest BCUT2D eigenvalue weighted by Gasteiger charge is 2.26. The SMILES string of the molecule is CC(C)c1onc(-c2ccc(F)cc2)c1-c1nc(C(=O)Nc2ccc(C3COC3)cc2F)cs1. The van der Waals surface area contributed by atoms with Gasteiger partial charge in [0.05, 0.1) is 24.5 Å². The molecule has 9 heteroatoms. The van der Waals surface area contributed by atoms with Crippen molar-refractivity contribution < 1.29 is 22.8 Å². The van der Waals surface area contributed by atoms with Crippen LogP contribution in [-0.4, -0.2) is 29.3 Å². The first-order chi connectivity index (χ1) is 16.4.